The van der Waals surface area contributed by atoms with Crippen molar-refractivity contribution < 1.29 is 28.2 Å². The third-order valence-electron chi connectivity index (χ3n) is 4.07. The highest BCUT2D eigenvalue weighted by Crippen LogP contribution is 2.39. The van der Waals surface area contributed by atoms with Gasteiger partial charge in [0.2, 0.25) is 17.4 Å². The molecule has 0 unspecified atom stereocenters. The molecule has 7 nitrogen and oxygen atoms in total. The number of benzene rings is 2. The van der Waals surface area contributed by atoms with E-state index in [9.17, 15) is 9.59 Å². The molecule has 1 amide bonds. The van der Waals surface area contributed by atoms with E-state index in [2.05, 4.69) is 5.32 Å². The first-order valence-electron chi connectivity index (χ1n) is 8.24. The number of ether oxygens (including phenoxy) is 3. The minimum absolute atomic E-state index is 0.0998. The zero-order valence-electron chi connectivity index (χ0n) is 15.5. The molecule has 0 atom stereocenters. The fourth-order valence-corrected chi connectivity index (χ4v) is 2.97. The summed E-state index contributed by atoms with van der Waals surface area (Å²) in [5, 5.41) is 3.49. The number of anilines is 1. The Kier molecular flexibility index (Phi) is 6.08. The number of carbonyl (C=O) groups is 2. The zero-order chi connectivity index (χ0) is 20.3. The Morgan fingerprint density at radius 1 is 1.00 bits per heavy atom. The number of alkyl halides is 1. The SMILES string of the molecule is COc1cc(C(=O)c2cc3cc(NC(=O)CI)ccc3o2)cc(OC)c1OC. The molecular formula is C20H18INO6. The van der Waals surface area contributed by atoms with Crippen LogP contribution in [0.25, 0.3) is 11.0 Å². The lowest BCUT2D eigenvalue weighted by Crippen LogP contribution is -2.11. The average molecular weight is 495 g/mol. The van der Waals surface area contributed by atoms with Crippen LogP contribution >= 0.6 is 22.6 Å². The van der Waals surface area contributed by atoms with Crippen LogP contribution in [0.4, 0.5) is 5.69 Å². The fraction of sp³-hybridized carbons (Fsp3) is 0.200. The van der Waals surface area contributed by atoms with E-state index in [1.54, 1.807) is 36.4 Å². The molecule has 0 saturated heterocycles. The highest BCUT2D eigenvalue weighted by atomic mass is 127. The van der Waals surface area contributed by atoms with Gasteiger partial charge in [0.05, 0.1) is 25.8 Å². The van der Waals surface area contributed by atoms with Crippen LogP contribution in [0.2, 0.25) is 0 Å². The molecule has 28 heavy (non-hydrogen) atoms. The third-order valence-corrected chi connectivity index (χ3v) is 4.76. The monoisotopic (exact) mass is 495 g/mol. The van der Waals surface area contributed by atoms with Crippen LogP contribution in [-0.2, 0) is 4.79 Å². The molecule has 0 aliphatic carbocycles. The predicted molar refractivity (Wildman–Crippen MR) is 113 cm³/mol. The number of amides is 1. The Balaban J connectivity index is 1.98. The number of nitrogens with one attached hydrogen (secondary N) is 1. The number of rotatable bonds is 7. The van der Waals surface area contributed by atoms with Gasteiger partial charge in [0, 0.05) is 16.6 Å². The van der Waals surface area contributed by atoms with Gasteiger partial charge in [-0.25, -0.2) is 0 Å². The number of hydrogen-bond acceptors (Lipinski definition) is 6. The predicted octanol–water partition coefficient (Wildman–Crippen LogP) is 4.06. The molecule has 8 heteroatoms. The number of fused-ring (bicyclic) bond motifs is 1. The van der Waals surface area contributed by atoms with Gasteiger partial charge in [-0.3, -0.25) is 9.59 Å². The first kappa shape index (κ1) is 20.0. The summed E-state index contributed by atoms with van der Waals surface area (Å²) in [4.78, 5) is 24.5. The lowest BCUT2D eigenvalue weighted by molar-refractivity contribution is -0.113. The summed E-state index contributed by atoms with van der Waals surface area (Å²) in [6, 6.07) is 9.98. The van der Waals surface area contributed by atoms with E-state index in [0.29, 0.717) is 43.9 Å². The lowest BCUT2D eigenvalue weighted by Gasteiger charge is -2.13. The maximum atomic E-state index is 12.9. The highest BCUT2D eigenvalue weighted by molar-refractivity contribution is 14.1. The molecular weight excluding hydrogens is 477 g/mol. The van der Waals surface area contributed by atoms with E-state index in [1.165, 1.54) is 21.3 Å². The van der Waals surface area contributed by atoms with Gasteiger partial charge in [0.1, 0.15) is 5.58 Å². The van der Waals surface area contributed by atoms with E-state index in [1.807, 2.05) is 22.6 Å². The summed E-state index contributed by atoms with van der Waals surface area (Å²) < 4.78 is 21.9. The van der Waals surface area contributed by atoms with Gasteiger partial charge in [-0.1, -0.05) is 22.6 Å². The van der Waals surface area contributed by atoms with E-state index in [-0.39, 0.29) is 17.5 Å². The molecule has 3 aromatic rings. The Morgan fingerprint density at radius 3 is 2.25 bits per heavy atom. The summed E-state index contributed by atoms with van der Waals surface area (Å²) in [5.74, 6) is 0.907. The fourth-order valence-electron chi connectivity index (χ4n) is 2.78. The Morgan fingerprint density at radius 2 is 1.68 bits per heavy atom. The Bertz CT molecular complexity index is 1020. The first-order valence-corrected chi connectivity index (χ1v) is 9.77. The Hall–Kier alpha value is -2.75. The maximum absolute atomic E-state index is 12.9. The van der Waals surface area contributed by atoms with Crippen LogP contribution in [0.1, 0.15) is 16.1 Å². The second kappa shape index (κ2) is 8.51. The molecule has 0 spiro atoms. The number of methoxy groups -OCH3 is 3. The topological polar surface area (TPSA) is 87.0 Å². The molecule has 1 heterocycles. The number of halogens is 1. The summed E-state index contributed by atoms with van der Waals surface area (Å²) in [7, 11) is 4.46. The van der Waals surface area contributed by atoms with Crippen molar-refractivity contribution in [3.63, 3.8) is 0 Å². The number of ketones is 1. The molecule has 0 fully saturated rings. The first-order chi connectivity index (χ1) is 13.5. The number of carbonyl (C=O) groups excluding carboxylic acids is 2. The largest absolute Gasteiger partial charge is 0.493 e. The van der Waals surface area contributed by atoms with Gasteiger partial charge in [-0.2, -0.15) is 0 Å². The normalized spacial score (nSPS) is 10.6. The number of furan rings is 1. The number of hydrogen-bond donors (Lipinski definition) is 1. The molecule has 3 rings (SSSR count). The van der Waals surface area contributed by atoms with Crippen LogP contribution in [-0.4, -0.2) is 37.4 Å². The average Bonchev–Trinajstić information content (AvgIpc) is 3.15. The molecule has 146 valence electrons. The standard InChI is InChI=1S/C20H18INO6/c1-25-16-8-12(9-17(26-2)20(16)27-3)19(24)15-7-11-6-13(22-18(23)10-21)4-5-14(11)28-15/h4-9H,10H2,1-3H3,(H,22,23). The lowest BCUT2D eigenvalue weighted by atomic mass is 10.1. The van der Waals surface area contributed by atoms with Gasteiger partial charge in [-0.05, 0) is 36.4 Å². The van der Waals surface area contributed by atoms with Gasteiger partial charge >= 0.3 is 0 Å². The molecule has 1 aromatic heterocycles. The van der Waals surface area contributed by atoms with Crippen LogP contribution in [0, 0.1) is 0 Å². The summed E-state index contributed by atoms with van der Waals surface area (Å²) in [5.41, 5.74) is 1.53. The van der Waals surface area contributed by atoms with Gasteiger partial charge in [0.15, 0.2) is 17.3 Å². The minimum Gasteiger partial charge on any atom is -0.493 e. The molecule has 0 radical (unpaired) electrons. The van der Waals surface area contributed by atoms with Crippen molar-refractivity contribution in [1.29, 1.82) is 0 Å². The van der Waals surface area contributed by atoms with Crippen molar-refractivity contribution in [3.8, 4) is 17.2 Å². The van der Waals surface area contributed by atoms with Crippen molar-refractivity contribution in [3.05, 3.63) is 47.7 Å². The van der Waals surface area contributed by atoms with Gasteiger partial charge in [0.25, 0.3) is 0 Å². The van der Waals surface area contributed by atoms with Crippen molar-refractivity contribution in [2.24, 2.45) is 0 Å². The Labute approximate surface area is 175 Å². The van der Waals surface area contributed by atoms with Crippen molar-refractivity contribution in [2.45, 2.75) is 0 Å². The van der Waals surface area contributed by atoms with Crippen LogP contribution < -0.4 is 19.5 Å². The second-order valence-electron chi connectivity index (χ2n) is 5.79. The third kappa shape index (κ3) is 3.91. The van der Waals surface area contributed by atoms with E-state index >= 15 is 0 Å². The quantitative estimate of drug-likeness (QED) is 0.302. The summed E-state index contributed by atoms with van der Waals surface area (Å²) >= 11 is 1.99. The van der Waals surface area contributed by atoms with E-state index < -0.39 is 0 Å². The molecule has 0 aliphatic rings. The second-order valence-corrected chi connectivity index (χ2v) is 6.55. The zero-order valence-corrected chi connectivity index (χ0v) is 17.7. The minimum atomic E-state index is -0.326. The maximum Gasteiger partial charge on any atom is 0.234 e. The molecule has 0 aliphatic heterocycles. The van der Waals surface area contributed by atoms with E-state index in [4.69, 9.17) is 18.6 Å². The van der Waals surface area contributed by atoms with Crippen LogP contribution in [0.5, 0.6) is 17.2 Å². The van der Waals surface area contributed by atoms with Crippen molar-refractivity contribution >= 4 is 50.9 Å². The van der Waals surface area contributed by atoms with E-state index in [0.717, 1.165) is 0 Å². The smallest absolute Gasteiger partial charge is 0.234 e. The van der Waals surface area contributed by atoms with Gasteiger partial charge in [-0.15, -0.1) is 0 Å². The summed E-state index contributed by atoms with van der Waals surface area (Å²) in [6.45, 7) is 0. The van der Waals surface area contributed by atoms with Crippen molar-refractivity contribution in [2.75, 3.05) is 31.1 Å². The molecule has 2 aromatic carbocycles. The summed E-state index contributed by atoms with van der Waals surface area (Å²) in [6.07, 6.45) is 0. The van der Waals surface area contributed by atoms with Crippen LogP contribution in [0.3, 0.4) is 0 Å². The van der Waals surface area contributed by atoms with Crippen molar-refractivity contribution in [1.82, 2.24) is 0 Å². The molecule has 0 bridgehead atoms. The van der Waals surface area contributed by atoms with Crippen LogP contribution in [0.15, 0.2) is 40.8 Å². The molecule has 1 N–H and O–H groups in total. The van der Waals surface area contributed by atoms with Gasteiger partial charge < -0.3 is 23.9 Å². The molecule has 0 saturated carbocycles. The highest BCUT2D eigenvalue weighted by Gasteiger charge is 2.20.